The second kappa shape index (κ2) is 8.81. The van der Waals surface area contributed by atoms with E-state index in [-0.39, 0.29) is 28.4 Å². The lowest BCUT2D eigenvalue weighted by Gasteiger charge is -2.22. The molecule has 2 N–H and O–H groups in total. The number of hydrogen-bond acceptors (Lipinski definition) is 5. The monoisotopic (exact) mass is 446 g/mol. The van der Waals surface area contributed by atoms with Crippen LogP contribution in [0.25, 0.3) is 0 Å². The number of rotatable bonds is 6. The van der Waals surface area contributed by atoms with Gasteiger partial charge in [0.1, 0.15) is 0 Å². The molecule has 1 heterocycles. The highest BCUT2D eigenvalue weighted by molar-refractivity contribution is 8.01. The summed E-state index contributed by atoms with van der Waals surface area (Å²) in [5.41, 5.74) is 3.19. The fraction of sp³-hybridized carbons (Fsp3) is 0.364. The highest BCUT2D eigenvalue weighted by Crippen LogP contribution is 2.37. The van der Waals surface area contributed by atoms with Gasteiger partial charge >= 0.3 is 0 Å². The molecule has 0 spiro atoms. The molecule has 1 aliphatic heterocycles. The second-order valence-corrected chi connectivity index (χ2v) is 11.2. The third kappa shape index (κ3) is 4.54. The van der Waals surface area contributed by atoms with Gasteiger partial charge in [0.05, 0.1) is 21.1 Å². The Kier molecular flexibility index (Phi) is 6.57. The van der Waals surface area contributed by atoms with Gasteiger partial charge in [-0.25, -0.2) is 8.42 Å². The van der Waals surface area contributed by atoms with Crippen molar-refractivity contribution in [2.24, 2.45) is 0 Å². The van der Waals surface area contributed by atoms with Crippen LogP contribution >= 0.6 is 11.8 Å². The summed E-state index contributed by atoms with van der Waals surface area (Å²) in [6.45, 7) is 7.25. The Labute approximate surface area is 181 Å². The molecule has 3 rings (SSSR count). The highest BCUT2D eigenvalue weighted by atomic mass is 32.2. The molecule has 30 heavy (non-hydrogen) atoms. The summed E-state index contributed by atoms with van der Waals surface area (Å²) in [6, 6.07) is 10.5. The van der Waals surface area contributed by atoms with E-state index in [1.165, 1.54) is 30.8 Å². The van der Waals surface area contributed by atoms with Crippen LogP contribution in [0.1, 0.15) is 38.3 Å². The van der Waals surface area contributed by atoms with Crippen molar-refractivity contribution in [2.45, 2.75) is 60.8 Å². The molecule has 2 aromatic rings. The molecule has 0 aliphatic carbocycles. The number of amides is 2. The zero-order valence-corrected chi connectivity index (χ0v) is 19.1. The predicted molar refractivity (Wildman–Crippen MR) is 121 cm³/mol. The van der Waals surface area contributed by atoms with Crippen molar-refractivity contribution in [1.82, 2.24) is 0 Å². The van der Waals surface area contributed by atoms with Crippen molar-refractivity contribution in [3.63, 3.8) is 0 Å². The van der Waals surface area contributed by atoms with Crippen LogP contribution in [0, 0.1) is 6.92 Å². The maximum absolute atomic E-state index is 13.0. The zero-order valence-electron chi connectivity index (χ0n) is 17.5. The van der Waals surface area contributed by atoms with Gasteiger partial charge in [0.15, 0.2) is 9.84 Å². The number of carbonyl (C=O) groups excluding carboxylic acids is 2. The van der Waals surface area contributed by atoms with Crippen molar-refractivity contribution in [2.75, 3.05) is 10.6 Å². The molecule has 160 valence electrons. The van der Waals surface area contributed by atoms with E-state index in [1.54, 1.807) is 13.0 Å². The first-order valence-corrected chi connectivity index (χ1v) is 12.3. The molecule has 0 aromatic heterocycles. The average Bonchev–Trinajstić information content (AvgIpc) is 2.69. The third-order valence-corrected chi connectivity index (χ3v) is 8.53. The Morgan fingerprint density at radius 1 is 1.27 bits per heavy atom. The fourth-order valence-electron chi connectivity index (χ4n) is 3.36. The Morgan fingerprint density at radius 2 is 2.00 bits per heavy atom. The summed E-state index contributed by atoms with van der Waals surface area (Å²) < 4.78 is 26.1. The number of para-hydroxylation sites is 1. The Hall–Kier alpha value is -2.32. The van der Waals surface area contributed by atoms with Crippen LogP contribution in [-0.2, 0) is 25.8 Å². The lowest BCUT2D eigenvalue weighted by atomic mass is 10.1. The van der Waals surface area contributed by atoms with Gasteiger partial charge in [-0.1, -0.05) is 25.1 Å². The smallest absolute Gasteiger partial charge is 0.237 e. The number of sulfone groups is 1. The lowest BCUT2D eigenvalue weighted by Crippen LogP contribution is -2.28. The first kappa shape index (κ1) is 22.4. The van der Waals surface area contributed by atoms with E-state index in [4.69, 9.17) is 0 Å². The van der Waals surface area contributed by atoms with Gasteiger partial charge in [0.25, 0.3) is 0 Å². The van der Waals surface area contributed by atoms with Gasteiger partial charge in [-0.05, 0) is 56.5 Å². The zero-order chi connectivity index (χ0) is 22.1. The number of anilines is 2. The number of aryl methyl sites for hydroxylation is 2. The van der Waals surface area contributed by atoms with Crippen molar-refractivity contribution in [1.29, 1.82) is 0 Å². The van der Waals surface area contributed by atoms with E-state index in [0.29, 0.717) is 5.69 Å². The molecule has 0 unspecified atom stereocenters. The molecule has 0 bridgehead atoms. The second-order valence-electron chi connectivity index (χ2n) is 7.48. The van der Waals surface area contributed by atoms with Crippen molar-refractivity contribution < 1.29 is 18.0 Å². The quantitative estimate of drug-likeness (QED) is 0.694. The molecule has 0 saturated carbocycles. The number of fused-ring (bicyclic) bond motifs is 1. The van der Waals surface area contributed by atoms with Crippen LogP contribution in [0.5, 0.6) is 0 Å². The minimum Gasteiger partial charge on any atom is -0.326 e. The molecule has 2 aromatic carbocycles. The third-order valence-electron chi connectivity index (χ3n) is 5.22. The Bertz CT molecular complexity index is 1100. The summed E-state index contributed by atoms with van der Waals surface area (Å²) in [5, 5.41) is 4.50. The normalized spacial score (nSPS) is 17.1. The molecule has 0 fully saturated rings. The van der Waals surface area contributed by atoms with Crippen LogP contribution in [0.4, 0.5) is 11.4 Å². The largest absolute Gasteiger partial charge is 0.326 e. The molecular formula is C22H26N2O4S2. The van der Waals surface area contributed by atoms with E-state index in [2.05, 4.69) is 10.6 Å². The summed E-state index contributed by atoms with van der Waals surface area (Å²) in [7, 11) is -3.74. The number of nitrogens with one attached hydrogen (secondary N) is 2. The SMILES string of the molecule is CCc1cccc(C)c1NC(=O)C[C@@H](C)S(=O)(=O)c1ccc2c(c1)NC(=O)[C@@H](C)S2. The van der Waals surface area contributed by atoms with Crippen LogP contribution in [0.2, 0.25) is 0 Å². The summed E-state index contributed by atoms with van der Waals surface area (Å²) in [6.07, 6.45) is 0.609. The lowest BCUT2D eigenvalue weighted by molar-refractivity contribution is -0.116. The maximum Gasteiger partial charge on any atom is 0.237 e. The van der Waals surface area contributed by atoms with Crippen molar-refractivity contribution in [3.05, 3.63) is 47.5 Å². The summed E-state index contributed by atoms with van der Waals surface area (Å²) in [4.78, 5) is 25.4. The summed E-state index contributed by atoms with van der Waals surface area (Å²) >= 11 is 1.39. The molecule has 6 nitrogen and oxygen atoms in total. The topological polar surface area (TPSA) is 92.3 Å². The standard InChI is InChI=1S/C22H26N2O4S2/c1-5-16-8-6-7-13(2)21(16)24-20(25)11-14(3)30(27,28)17-9-10-19-18(12-17)23-22(26)15(4)29-19/h6-10,12,14-15H,5,11H2,1-4H3,(H,23,26)(H,24,25)/t14-,15-/m1/s1. The molecular weight excluding hydrogens is 420 g/mol. The number of hydrogen-bond donors (Lipinski definition) is 2. The predicted octanol–water partition coefficient (Wildman–Crippen LogP) is 4.18. The molecule has 2 atom stereocenters. The van der Waals surface area contributed by atoms with Crippen molar-refractivity contribution in [3.8, 4) is 0 Å². The van der Waals surface area contributed by atoms with E-state index < -0.39 is 15.1 Å². The van der Waals surface area contributed by atoms with E-state index in [0.717, 1.165) is 28.1 Å². The van der Waals surface area contributed by atoms with Gasteiger partial charge in [-0.2, -0.15) is 0 Å². The number of carbonyl (C=O) groups is 2. The average molecular weight is 447 g/mol. The Morgan fingerprint density at radius 3 is 2.70 bits per heavy atom. The van der Waals surface area contributed by atoms with Crippen LogP contribution < -0.4 is 10.6 Å². The first-order valence-electron chi connectivity index (χ1n) is 9.87. The van der Waals surface area contributed by atoms with Crippen LogP contribution in [-0.4, -0.2) is 30.7 Å². The minimum absolute atomic E-state index is 0.0992. The van der Waals surface area contributed by atoms with Crippen LogP contribution in [0.3, 0.4) is 0 Å². The molecule has 1 aliphatic rings. The summed E-state index contributed by atoms with van der Waals surface area (Å²) in [5.74, 6) is -0.495. The molecule has 0 radical (unpaired) electrons. The van der Waals surface area contributed by atoms with Gasteiger partial charge in [-0.3, -0.25) is 9.59 Å². The van der Waals surface area contributed by atoms with E-state index in [1.807, 2.05) is 32.0 Å². The fourth-order valence-corrected chi connectivity index (χ4v) is 5.67. The van der Waals surface area contributed by atoms with Crippen LogP contribution in [0.15, 0.2) is 46.2 Å². The van der Waals surface area contributed by atoms with Crippen molar-refractivity contribution >= 4 is 44.8 Å². The van der Waals surface area contributed by atoms with Gasteiger partial charge in [-0.15, -0.1) is 11.8 Å². The van der Waals surface area contributed by atoms with Gasteiger partial charge in [0.2, 0.25) is 11.8 Å². The Balaban J connectivity index is 1.77. The molecule has 0 saturated heterocycles. The molecule has 2 amide bonds. The maximum atomic E-state index is 13.0. The minimum atomic E-state index is -3.74. The van der Waals surface area contributed by atoms with E-state index in [9.17, 15) is 18.0 Å². The number of benzene rings is 2. The van der Waals surface area contributed by atoms with Gasteiger partial charge < -0.3 is 10.6 Å². The number of thioether (sulfide) groups is 1. The first-order chi connectivity index (χ1) is 14.1. The van der Waals surface area contributed by atoms with Gasteiger partial charge in [0, 0.05) is 17.0 Å². The highest BCUT2D eigenvalue weighted by Gasteiger charge is 2.29. The van der Waals surface area contributed by atoms with E-state index >= 15 is 0 Å². The molecule has 8 heteroatoms.